The standard InChI is InChI=1S/C11H7Cl2F2NO3/c12-10(13)4-6(10)9(17)16-5-1-2-7-8(3-5)19-11(14,15)18-7/h1-3,6H,4H2,(H,16,17)/t6-/m0/s1. The Bertz CT molecular complexity index is 565. The fourth-order valence-electron chi connectivity index (χ4n) is 1.75. The van der Waals surface area contributed by atoms with Crippen molar-refractivity contribution in [1.29, 1.82) is 0 Å². The van der Waals surface area contributed by atoms with Crippen LogP contribution in [-0.4, -0.2) is 16.5 Å². The highest BCUT2D eigenvalue weighted by Crippen LogP contribution is 2.53. The second kappa shape index (κ2) is 3.86. The summed E-state index contributed by atoms with van der Waals surface area (Å²) < 4.78 is 33.1. The molecule has 1 N–H and O–H groups in total. The lowest BCUT2D eigenvalue weighted by Gasteiger charge is -2.06. The minimum atomic E-state index is -3.68. The fraction of sp³-hybridized carbons (Fsp3) is 0.364. The lowest BCUT2D eigenvalue weighted by molar-refractivity contribution is -0.286. The van der Waals surface area contributed by atoms with Crippen LogP contribution in [0.25, 0.3) is 0 Å². The van der Waals surface area contributed by atoms with Crippen LogP contribution in [0.2, 0.25) is 0 Å². The van der Waals surface area contributed by atoms with Gasteiger partial charge in [0.2, 0.25) is 5.91 Å². The van der Waals surface area contributed by atoms with Crippen molar-refractivity contribution in [2.45, 2.75) is 17.0 Å². The van der Waals surface area contributed by atoms with E-state index in [9.17, 15) is 13.6 Å². The lowest BCUT2D eigenvalue weighted by atomic mass is 10.2. The van der Waals surface area contributed by atoms with Gasteiger partial charge in [0.05, 0.1) is 5.92 Å². The summed E-state index contributed by atoms with van der Waals surface area (Å²) in [6, 6.07) is 3.96. The van der Waals surface area contributed by atoms with E-state index in [1.165, 1.54) is 18.2 Å². The molecule has 1 heterocycles. The number of fused-ring (bicyclic) bond motifs is 1. The van der Waals surface area contributed by atoms with Gasteiger partial charge in [0.25, 0.3) is 0 Å². The molecule has 0 spiro atoms. The first-order valence-electron chi connectivity index (χ1n) is 5.35. The van der Waals surface area contributed by atoms with Gasteiger partial charge in [-0.3, -0.25) is 4.79 Å². The molecule has 1 aliphatic carbocycles. The second-order valence-electron chi connectivity index (χ2n) is 4.34. The molecule has 1 aromatic carbocycles. The maximum Gasteiger partial charge on any atom is 0.586 e. The molecule has 0 unspecified atom stereocenters. The average Bonchev–Trinajstić information content (AvgIpc) is 2.79. The van der Waals surface area contributed by atoms with E-state index in [1.807, 2.05) is 0 Å². The van der Waals surface area contributed by atoms with Crippen molar-refractivity contribution in [1.82, 2.24) is 0 Å². The topological polar surface area (TPSA) is 47.6 Å². The molecule has 0 aromatic heterocycles. The van der Waals surface area contributed by atoms with E-state index >= 15 is 0 Å². The molecule has 4 nitrogen and oxygen atoms in total. The number of nitrogens with one attached hydrogen (secondary N) is 1. The zero-order valence-electron chi connectivity index (χ0n) is 9.25. The van der Waals surface area contributed by atoms with Crippen LogP contribution in [0.4, 0.5) is 14.5 Å². The number of hydrogen-bond acceptors (Lipinski definition) is 3. The van der Waals surface area contributed by atoms with Gasteiger partial charge < -0.3 is 14.8 Å². The second-order valence-corrected chi connectivity index (χ2v) is 5.88. The van der Waals surface area contributed by atoms with E-state index in [2.05, 4.69) is 14.8 Å². The van der Waals surface area contributed by atoms with Gasteiger partial charge in [0.1, 0.15) is 4.33 Å². The Kier molecular flexibility index (Phi) is 2.59. The number of ether oxygens (including phenoxy) is 2. The third kappa shape index (κ3) is 2.42. The highest BCUT2D eigenvalue weighted by atomic mass is 35.5. The number of hydrogen-bond donors (Lipinski definition) is 1. The summed E-state index contributed by atoms with van der Waals surface area (Å²) in [5, 5.41) is 2.53. The van der Waals surface area contributed by atoms with E-state index in [0.29, 0.717) is 12.1 Å². The van der Waals surface area contributed by atoms with Gasteiger partial charge in [0.15, 0.2) is 11.5 Å². The Morgan fingerprint density at radius 2 is 1.95 bits per heavy atom. The molecule has 102 valence electrons. The molecule has 1 fully saturated rings. The zero-order chi connectivity index (χ0) is 13.8. The molecular weight excluding hydrogens is 303 g/mol. The smallest absolute Gasteiger partial charge is 0.395 e. The monoisotopic (exact) mass is 309 g/mol. The molecule has 0 bridgehead atoms. The molecule has 1 aliphatic heterocycles. The third-order valence-electron chi connectivity index (χ3n) is 2.81. The van der Waals surface area contributed by atoms with E-state index in [4.69, 9.17) is 23.2 Å². The SMILES string of the molecule is O=C(Nc1ccc2c(c1)OC(F)(F)O2)[C@@H]1CC1(Cl)Cl. The van der Waals surface area contributed by atoms with Crippen molar-refractivity contribution >= 4 is 34.8 Å². The number of carbonyl (C=O) groups excluding carboxylic acids is 1. The van der Waals surface area contributed by atoms with Gasteiger partial charge in [0, 0.05) is 11.8 Å². The number of carbonyl (C=O) groups is 1. The van der Waals surface area contributed by atoms with Crippen molar-refractivity contribution in [3.05, 3.63) is 18.2 Å². The molecule has 1 amide bonds. The van der Waals surface area contributed by atoms with Crippen LogP contribution in [0.1, 0.15) is 6.42 Å². The maximum atomic E-state index is 12.8. The molecule has 0 radical (unpaired) electrons. The van der Waals surface area contributed by atoms with Crippen LogP contribution in [0.5, 0.6) is 11.5 Å². The maximum absolute atomic E-state index is 12.8. The van der Waals surface area contributed by atoms with Crippen LogP contribution in [0, 0.1) is 5.92 Å². The minimum absolute atomic E-state index is 0.0848. The Morgan fingerprint density at radius 3 is 2.58 bits per heavy atom. The number of rotatable bonds is 2. The van der Waals surface area contributed by atoms with Gasteiger partial charge >= 0.3 is 6.29 Å². The van der Waals surface area contributed by atoms with Crippen LogP contribution in [0.15, 0.2) is 18.2 Å². The largest absolute Gasteiger partial charge is 0.586 e. The Balaban J connectivity index is 1.73. The van der Waals surface area contributed by atoms with Crippen molar-refractivity contribution in [3.63, 3.8) is 0 Å². The number of anilines is 1. The van der Waals surface area contributed by atoms with Gasteiger partial charge in [-0.25, -0.2) is 0 Å². The molecule has 0 saturated heterocycles. The van der Waals surface area contributed by atoms with Crippen LogP contribution >= 0.6 is 23.2 Å². The van der Waals surface area contributed by atoms with Crippen LogP contribution in [-0.2, 0) is 4.79 Å². The molecule has 1 atom stereocenters. The summed E-state index contributed by atoms with van der Waals surface area (Å²) in [6.45, 7) is 0. The van der Waals surface area contributed by atoms with Crippen molar-refractivity contribution in [3.8, 4) is 11.5 Å². The third-order valence-corrected chi connectivity index (χ3v) is 3.65. The minimum Gasteiger partial charge on any atom is -0.395 e. The lowest BCUT2D eigenvalue weighted by Crippen LogP contribution is -2.25. The molecule has 2 aliphatic rings. The average molecular weight is 310 g/mol. The van der Waals surface area contributed by atoms with Gasteiger partial charge in [-0.05, 0) is 18.6 Å². The molecule has 3 rings (SSSR count). The fourth-order valence-corrected chi connectivity index (χ4v) is 2.26. The summed E-state index contributed by atoms with van der Waals surface area (Å²) in [7, 11) is 0. The number of amides is 1. The van der Waals surface area contributed by atoms with E-state index in [0.717, 1.165) is 0 Å². The molecule has 1 aromatic rings. The van der Waals surface area contributed by atoms with Crippen molar-refractivity contribution in [2.75, 3.05) is 5.32 Å². The van der Waals surface area contributed by atoms with Gasteiger partial charge in [-0.1, -0.05) is 0 Å². The normalized spacial score (nSPS) is 24.9. The first kappa shape index (κ1) is 12.7. The first-order chi connectivity index (χ1) is 8.77. The summed E-state index contributed by atoms with van der Waals surface area (Å²) >= 11 is 11.5. The Hall–Kier alpha value is -1.27. The van der Waals surface area contributed by atoms with E-state index in [1.54, 1.807) is 0 Å². The molecule has 8 heteroatoms. The Labute approximate surface area is 116 Å². The first-order valence-corrected chi connectivity index (χ1v) is 6.11. The summed E-state index contributed by atoms with van der Waals surface area (Å²) in [5.41, 5.74) is 0.307. The van der Waals surface area contributed by atoms with E-state index < -0.39 is 16.5 Å². The number of benzene rings is 1. The summed E-state index contributed by atoms with van der Waals surface area (Å²) in [4.78, 5) is 11.7. The van der Waals surface area contributed by atoms with Crippen molar-refractivity contribution < 1.29 is 23.0 Å². The van der Waals surface area contributed by atoms with Crippen LogP contribution in [0.3, 0.4) is 0 Å². The predicted molar refractivity (Wildman–Crippen MR) is 63.8 cm³/mol. The molecular formula is C11H7Cl2F2NO3. The highest BCUT2D eigenvalue weighted by Gasteiger charge is 2.56. The molecule has 1 saturated carbocycles. The summed E-state index contributed by atoms with van der Waals surface area (Å²) in [5.74, 6) is -1.08. The zero-order valence-corrected chi connectivity index (χ0v) is 10.8. The van der Waals surface area contributed by atoms with Gasteiger partial charge in [-0.15, -0.1) is 32.0 Å². The van der Waals surface area contributed by atoms with Gasteiger partial charge in [-0.2, -0.15) is 0 Å². The number of halogens is 4. The Morgan fingerprint density at radius 1 is 1.32 bits per heavy atom. The molecule has 19 heavy (non-hydrogen) atoms. The predicted octanol–water partition coefficient (Wildman–Crippen LogP) is 3.14. The van der Waals surface area contributed by atoms with E-state index in [-0.39, 0.29) is 17.4 Å². The van der Waals surface area contributed by atoms with Crippen LogP contribution < -0.4 is 14.8 Å². The van der Waals surface area contributed by atoms with Crippen molar-refractivity contribution in [2.24, 2.45) is 5.92 Å². The highest BCUT2D eigenvalue weighted by molar-refractivity contribution is 6.52. The summed E-state index contributed by atoms with van der Waals surface area (Å²) in [6.07, 6.45) is -3.31. The number of alkyl halides is 4. The quantitative estimate of drug-likeness (QED) is 0.854.